The first-order valence-electron chi connectivity index (χ1n) is 14.4. The van der Waals surface area contributed by atoms with Crippen molar-refractivity contribution in [1.29, 1.82) is 0 Å². The lowest BCUT2D eigenvalue weighted by Gasteiger charge is -2.37. The van der Waals surface area contributed by atoms with Crippen molar-refractivity contribution in [2.75, 3.05) is 32.4 Å². The summed E-state index contributed by atoms with van der Waals surface area (Å²) >= 11 is 0. The van der Waals surface area contributed by atoms with E-state index in [9.17, 15) is 18.8 Å². The van der Waals surface area contributed by atoms with Crippen LogP contribution in [0, 0.1) is 11.2 Å². The van der Waals surface area contributed by atoms with Crippen LogP contribution >= 0.6 is 0 Å². The summed E-state index contributed by atoms with van der Waals surface area (Å²) in [5.74, 6) is -0.983. The molecule has 2 aromatic heterocycles. The van der Waals surface area contributed by atoms with E-state index in [0.29, 0.717) is 37.4 Å². The maximum absolute atomic E-state index is 14.0. The number of amides is 3. The average Bonchev–Trinajstić information content (AvgIpc) is 3.59. The van der Waals surface area contributed by atoms with Gasteiger partial charge in [-0.1, -0.05) is 32.9 Å². The van der Waals surface area contributed by atoms with E-state index in [1.807, 2.05) is 25.7 Å². The second-order valence-electron chi connectivity index (χ2n) is 12.1. The molecule has 1 aliphatic heterocycles. The maximum atomic E-state index is 14.0. The first kappa shape index (κ1) is 31.0. The number of likely N-dealkylation sites (N-methyl/N-ethyl adjacent to an activating group) is 1. The van der Waals surface area contributed by atoms with Gasteiger partial charge in [0.15, 0.2) is 0 Å². The number of fused-ring (bicyclic) bond motifs is 1. The Hall–Kier alpha value is -3.99. The quantitative estimate of drug-likeness (QED) is 0.339. The monoisotopic (exact) mass is 579 g/mol. The first-order chi connectivity index (χ1) is 19.9. The summed E-state index contributed by atoms with van der Waals surface area (Å²) in [7, 11) is 1.70. The van der Waals surface area contributed by atoms with Gasteiger partial charge >= 0.3 is 0 Å². The van der Waals surface area contributed by atoms with E-state index in [1.54, 1.807) is 59.9 Å². The number of pyridine rings is 1. The van der Waals surface area contributed by atoms with Crippen LogP contribution in [0.15, 0.2) is 48.8 Å². The Morgan fingerprint density at radius 1 is 1.14 bits per heavy atom. The van der Waals surface area contributed by atoms with Gasteiger partial charge in [0.05, 0.1) is 6.04 Å². The van der Waals surface area contributed by atoms with Crippen LogP contribution in [0.5, 0.6) is 0 Å². The SMILES string of the molecule is CNC(C)C(=O)NC(C(=O)N1CCCC1CN(CCc1ccc(F)cc1)C(=O)c1cn2cc(N)ccc2n1)C(C)(C)C. The molecule has 226 valence electrons. The highest BCUT2D eigenvalue weighted by Crippen LogP contribution is 2.27. The van der Waals surface area contributed by atoms with Crippen LogP contribution in [0.4, 0.5) is 10.1 Å². The highest BCUT2D eigenvalue weighted by atomic mass is 19.1. The standard InChI is InChI=1S/C31H42FN7O3/c1-20(34-5)28(40)36-27(31(2,3)4)30(42)39-15-6-7-24(39)18-37(16-14-21-8-10-22(32)11-9-21)29(41)25-19-38-17-23(33)12-13-26(38)35-25/h8-13,17,19-20,24,27,34H,6-7,14-16,18,33H2,1-5H3,(H,36,40). The molecule has 11 heteroatoms. The molecule has 3 amide bonds. The summed E-state index contributed by atoms with van der Waals surface area (Å²) in [5, 5.41) is 5.87. The van der Waals surface area contributed by atoms with E-state index in [-0.39, 0.29) is 35.3 Å². The number of anilines is 1. The average molecular weight is 580 g/mol. The summed E-state index contributed by atoms with van der Waals surface area (Å²) in [6.45, 7) is 8.74. The molecule has 1 aromatic carbocycles. The molecular formula is C31H42FN7O3. The predicted molar refractivity (Wildman–Crippen MR) is 160 cm³/mol. The lowest BCUT2D eigenvalue weighted by Crippen LogP contribution is -2.59. The van der Waals surface area contributed by atoms with E-state index >= 15 is 0 Å². The van der Waals surface area contributed by atoms with Crippen LogP contribution in [0.3, 0.4) is 0 Å². The van der Waals surface area contributed by atoms with Gasteiger partial charge in [0.25, 0.3) is 5.91 Å². The lowest BCUT2D eigenvalue weighted by molar-refractivity contribution is -0.140. The highest BCUT2D eigenvalue weighted by Gasteiger charge is 2.41. The molecule has 1 fully saturated rings. The molecule has 4 N–H and O–H groups in total. The number of nitrogens with one attached hydrogen (secondary N) is 2. The Balaban J connectivity index is 1.58. The Morgan fingerprint density at radius 3 is 2.52 bits per heavy atom. The van der Waals surface area contributed by atoms with Gasteiger partial charge in [0.1, 0.15) is 23.2 Å². The van der Waals surface area contributed by atoms with Gasteiger partial charge in [-0.25, -0.2) is 9.37 Å². The van der Waals surface area contributed by atoms with Gasteiger partial charge in [-0.05, 0) is 68.5 Å². The predicted octanol–water partition coefficient (Wildman–Crippen LogP) is 2.87. The zero-order valence-corrected chi connectivity index (χ0v) is 25.1. The third-order valence-corrected chi connectivity index (χ3v) is 7.88. The van der Waals surface area contributed by atoms with Crippen LogP contribution in [0.2, 0.25) is 0 Å². The number of aromatic nitrogens is 2. The van der Waals surface area contributed by atoms with Crippen LogP contribution < -0.4 is 16.4 Å². The Kier molecular flexibility index (Phi) is 9.50. The molecule has 3 unspecified atom stereocenters. The van der Waals surface area contributed by atoms with Crippen molar-refractivity contribution < 1.29 is 18.8 Å². The molecule has 3 heterocycles. The second-order valence-corrected chi connectivity index (χ2v) is 12.1. The van der Waals surface area contributed by atoms with Crippen LogP contribution in [0.1, 0.15) is 56.6 Å². The summed E-state index contributed by atoms with van der Waals surface area (Å²) in [4.78, 5) is 48.6. The molecule has 0 saturated carbocycles. The number of nitrogens with two attached hydrogens (primary N) is 1. The maximum Gasteiger partial charge on any atom is 0.274 e. The number of rotatable bonds is 10. The summed E-state index contributed by atoms with van der Waals surface area (Å²) in [6, 6.07) is 8.30. The van der Waals surface area contributed by atoms with E-state index in [4.69, 9.17) is 5.73 Å². The lowest BCUT2D eigenvalue weighted by atomic mass is 9.85. The number of nitrogen functional groups attached to an aromatic ring is 1. The van der Waals surface area contributed by atoms with Crippen LogP contribution in [-0.4, -0.2) is 81.7 Å². The molecular weight excluding hydrogens is 537 g/mol. The molecule has 0 aliphatic carbocycles. The fraction of sp³-hybridized carbons (Fsp3) is 0.484. The van der Waals surface area contributed by atoms with E-state index in [2.05, 4.69) is 15.6 Å². The van der Waals surface area contributed by atoms with Crippen molar-refractivity contribution in [2.45, 2.75) is 65.1 Å². The first-order valence-corrected chi connectivity index (χ1v) is 14.4. The van der Waals surface area contributed by atoms with E-state index in [0.717, 1.165) is 18.4 Å². The summed E-state index contributed by atoms with van der Waals surface area (Å²) in [6.07, 6.45) is 5.39. The summed E-state index contributed by atoms with van der Waals surface area (Å²) in [5.41, 5.74) is 7.71. The number of hydrogen-bond acceptors (Lipinski definition) is 6. The number of halogens is 1. The second kappa shape index (κ2) is 12.9. The fourth-order valence-corrected chi connectivity index (χ4v) is 5.25. The Morgan fingerprint density at radius 2 is 1.86 bits per heavy atom. The van der Waals surface area contributed by atoms with Crippen LogP contribution in [-0.2, 0) is 16.0 Å². The molecule has 1 saturated heterocycles. The number of carbonyl (C=O) groups is 3. The summed E-state index contributed by atoms with van der Waals surface area (Å²) < 4.78 is 15.2. The largest absolute Gasteiger partial charge is 0.398 e. The molecule has 3 aromatic rings. The van der Waals surface area contributed by atoms with Gasteiger partial charge in [0, 0.05) is 43.8 Å². The van der Waals surface area contributed by atoms with Crippen molar-refractivity contribution in [3.05, 3.63) is 65.9 Å². The molecule has 1 aliphatic rings. The highest BCUT2D eigenvalue weighted by molar-refractivity contribution is 5.93. The molecule has 4 rings (SSSR count). The van der Waals surface area contributed by atoms with Crippen LogP contribution in [0.25, 0.3) is 5.65 Å². The molecule has 42 heavy (non-hydrogen) atoms. The zero-order valence-electron chi connectivity index (χ0n) is 25.1. The van der Waals surface area contributed by atoms with Gasteiger partial charge < -0.3 is 30.6 Å². The molecule has 0 spiro atoms. The van der Waals surface area contributed by atoms with E-state index < -0.39 is 17.5 Å². The van der Waals surface area contributed by atoms with E-state index in [1.165, 1.54) is 12.1 Å². The minimum Gasteiger partial charge on any atom is -0.398 e. The van der Waals surface area contributed by atoms with Gasteiger partial charge in [-0.2, -0.15) is 0 Å². The topological polar surface area (TPSA) is 125 Å². The zero-order chi connectivity index (χ0) is 30.6. The van der Waals surface area contributed by atoms with Crippen molar-refractivity contribution in [3.63, 3.8) is 0 Å². The van der Waals surface area contributed by atoms with Gasteiger partial charge in [-0.3, -0.25) is 14.4 Å². The minimum atomic E-state index is -0.728. The minimum absolute atomic E-state index is 0.157. The third-order valence-electron chi connectivity index (χ3n) is 7.88. The fourth-order valence-electron chi connectivity index (χ4n) is 5.25. The Labute approximate surface area is 246 Å². The number of likely N-dealkylation sites (tertiary alicyclic amines) is 1. The number of carbonyl (C=O) groups excluding carboxylic acids is 3. The molecule has 3 atom stereocenters. The van der Waals surface area contributed by atoms with Crippen molar-refractivity contribution in [3.8, 4) is 0 Å². The normalized spacial score (nSPS) is 16.8. The van der Waals surface area contributed by atoms with Gasteiger partial charge in [-0.15, -0.1) is 0 Å². The third kappa shape index (κ3) is 7.25. The number of imidazole rings is 1. The Bertz CT molecular complexity index is 1420. The number of nitrogens with zero attached hydrogens (tertiary/aromatic N) is 4. The smallest absolute Gasteiger partial charge is 0.274 e. The van der Waals surface area contributed by atoms with Gasteiger partial charge in [0.2, 0.25) is 11.8 Å². The van der Waals surface area contributed by atoms with Crippen molar-refractivity contribution in [1.82, 2.24) is 29.8 Å². The number of benzene rings is 1. The van der Waals surface area contributed by atoms with Crippen molar-refractivity contribution >= 4 is 29.1 Å². The molecule has 0 bridgehead atoms. The molecule has 10 nitrogen and oxygen atoms in total. The molecule has 0 radical (unpaired) electrons. The number of hydrogen-bond donors (Lipinski definition) is 3. The van der Waals surface area contributed by atoms with Crippen molar-refractivity contribution in [2.24, 2.45) is 5.41 Å².